The molecule has 1 fully saturated rings. The highest BCUT2D eigenvalue weighted by Gasteiger charge is 2.42. The molecule has 19 heavy (non-hydrogen) atoms. The van der Waals surface area contributed by atoms with Gasteiger partial charge >= 0.3 is 0 Å². The molecule has 0 radical (unpaired) electrons. The molecule has 0 aromatic carbocycles. The number of thioether (sulfide) groups is 1. The predicted molar refractivity (Wildman–Crippen MR) is 80.2 cm³/mol. The lowest BCUT2D eigenvalue weighted by atomic mass is 9.95. The van der Waals surface area contributed by atoms with Crippen LogP contribution in [0.2, 0.25) is 0 Å². The molecule has 0 aliphatic carbocycles. The fraction of sp³-hybridized carbons (Fsp3) is 0.857. The number of rotatable bonds is 6. The average molecular weight is 286 g/mol. The number of piperazine rings is 1. The minimum atomic E-state index is -0.399. The van der Waals surface area contributed by atoms with Gasteiger partial charge in [-0.15, -0.1) is 0 Å². The number of carbonyl (C=O) groups excluding carboxylic acids is 2. The van der Waals surface area contributed by atoms with Crippen molar-refractivity contribution in [3.05, 3.63) is 0 Å². The van der Waals surface area contributed by atoms with Crippen molar-refractivity contribution in [2.45, 2.75) is 59.2 Å². The minimum absolute atomic E-state index is 0.0166. The Bertz CT molecular complexity index is 333. The Balaban J connectivity index is 2.82. The second-order valence-electron chi connectivity index (χ2n) is 5.50. The molecule has 0 aromatic rings. The van der Waals surface area contributed by atoms with Gasteiger partial charge < -0.3 is 10.2 Å². The topological polar surface area (TPSA) is 49.4 Å². The van der Waals surface area contributed by atoms with Crippen LogP contribution >= 0.6 is 11.8 Å². The van der Waals surface area contributed by atoms with Crippen LogP contribution in [0.1, 0.15) is 41.0 Å². The van der Waals surface area contributed by atoms with Crippen molar-refractivity contribution in [3.63, 3.8) is 0 Å². The Morgan fingerprint density at radius 3 is 2.47 bits per heavy atom. The van der Waals surface area contributed by atoms with E-state index in [0.29, 0.717) is 0 Å². The highest BCUT2D eigenvalue weighted by molar-refractivity contribution is 7.99. The van der Waals surface area contributed by atoms with Gasteiger partial charge in [0.1, 0.15) is 12.1 Å². The lowest BCUT2D eigenvalue weighted by molar-refractivity contribution is -0.153. The molecule has 3 atom stereocenters. The molecular formula is C14H26N2O2S. The van der Waals surface area contributed by atoms with Crippen molar-refractivity contribution in [3.8, 4) is 0 Å². The summed E-state index contributed by atoms with van der Waals surface area (Å²) < 4.78 is 0. The molecule has 0 bridgehead atoms. The second kappa shape index (κ2) is 7.17. The van der Waals surface area contributed by atoms with Crippen molar-refractivity contribution < 1.29 is 9.59 Å². The van der Waals surface area contributed by atoms with Gasteiger partial charge in [-0.25, -0.2) is 0 Å². The smallest absolute Gasteiger partial charge is 0.245 e. The summed E-state index contributed by atoms with van der Waals surface area (Å²) in [6, 6.07) is -0.610. The summed E-state index contributed by atoms with van der Waals surface area (Å²) in [4.78, 5) is 26.3. The molecule has 2 amide bonds. The number of nitrogens with one attached hydrogen (secondary N) is 1. The van der Waals surface area contributed by atoms with Crippen molar-refractivity contribution in [2.24, 2.45) is 5.92 Å². The Labute approximate surface area is 120 Å². The quantitative estimate of drug-likeness (QED) is 0.759. The van der Waals surface area contributed by atoms with Gasteiger partial charge in [0.05, 0.1) is 0 Å². The van der Waals surface area contributed by atoms with E-state index in [1.54, 1.807) is 6.92 Å². The Hall–Kier alpha value is -0.710. The van der Waals surface area contributed by atoms with Gasteiger partial charge in [0.25, 0.3) is 0 Å². The lowest BCUT2D eigenvalue weighted by Gasteiger charge is -2.43. The minimum Gasteiger partial charge on any atom is -0.343 e. The first-order valence-electron chi connectivity index (χ1n) is 7.10. The van der Waals surface area contributed by atoms with Crippen LogP contribution in [0.4, 0.5) is 0 Å². The third kappa shape index (κ3) is 3.88. The van der Waals surface area contributed by atoms with E-state index in [2.05, 4.69) is 19.2 Å². The molecule has 0 spiro atoms. The molecule has 1 saturated heterocycles. The fourth-order valence-corrected chi connectivity index (χ4v) is 3.30. The van der Waals surface area contributed by atoms with Crippen LogP contribution in [-0.2, 0) is 9.59 Å². The summed E-state index contributed by atoms with van der Waals surface area (Å²) in [5.74, 6) is 2.29. The van der Waals surface area contributed by atoms with E-state index >= 15 is 0 Å². The maximum absolute atomic E-state index is 12.4. The molecule has 5 heteroatoms. The fourth-order valence-electron chi connectivity index (χ4n) is 2.50. The number of hydrogen-bond acceptors (Lipinski definition) is 3. The van der Waals surface area contributed by atoms with Gasteiger partial charge in [-0.1, -0.05) is 20.8 Å². The first-order valence-corrected chi connectivity index (χ1v) is 8.25. The highest BCUT2D eigenvalue weighted by atomic mass is 32.2. The van der Waals surface area contributed by atoms with Gasteiger partial charge in [-0.05, 0) is 37.7 Å². The number of hydrogen-bond donors (Lipinski definition) is 1. The largest absolute Gasteiger partial charge is 0.343 e. The van der Waals surface area contributed by atoms with Gasteiger partial charge in [0, 0.05) is 6.04 Å². The van der Waals surface area contributed by atoms with Crippen LogP contribution in [0.3, 0.4) is 0 Å². The highest BCUT2D eigenvalue weighted by Crippen LogP contribution is 2.22. The Morgan fingerprint density at radius 1 is 1.32 bits per heavy atom. The zero-order chi connectivity index (χ0) is 14.6. The normalized spacial score (nSPS) is 25.7. The monoisotopic (exact) mass is 286 g/mol. The number of amides is 2. The maximum atomic E-state index is 12.4. The molecule has 1 aliphatic heterocycles. The standard InChI is InChI=1S/C14H26N2O2S/c1-6-19-8-7-10(4)16-12(9(2)3)13(17)15-11(5)14(16)18/h9-12H,6-8H2,1-5H3,(H,15,17). The summed E-state index contributed by atoms with van der Waals surface area (Å²) in [5, 5.41) is 2.78. The molecule has 0 saturated carbocycles. The third-order valence-corrected chi connectivity index (χ3v) is 4.48. The SMILES string of the molecule is CCSCCC(C)N1C(=O)C(C)NC(=O)C1C(C)C. The van der Waals surface area contributed by atoms with Gasteiger partial charge in [-0.3, -0.25) is 9.59 Å². The van der Waals surface area contributed by atoms with Crippen LogP contribution in [-0.4, -0.2) is 46.3 Å². The zero-order valence-electron chi connectivity index (χ0n) is 12.6. The van der Waals surface area contributed by atoms with Gasteiger partial charge in [0.2, 0.25) is 11.8 Å². The van der Waals surface area contributed by atoms with E-state index < -0.39 is 6.04 Å². The van der Waals surface area contributed by atoms with E-state index in [0.717, 1.165) is 17.9 Å². The van der Waals surface area contributed by atoms with Crippen LogP contribution in [0.5, 0.6) is 0 Å². The van der Waals surface area contributed by atoms with Crippen molar-refractivity contribution in [1.82, 2.24) is 10.2 Å². The first kappa shape index (κ1) is 16.3. The molecule has 1 rings (SSSR count). The summed E-state index contributed by atoms with van der Waals surface area (Å²) in [7, 11) is 0. The summed E-state index contributed by atoms with van der Waals surface area (Å²) in [6.45, 7) is 9.93. The molecule has 1 heterocycles. The first-order chi connectivity index (χ1) is 8.90. The van der Waals surface area contributed by atoms with E-state index in [-0.39, 0.29) is 29.8 Å². The molecular weight excluding hydrogens is 260 g/mol. The zero-order valence-corrected chi connectivity index (χ0v) is 13.4. The van der Waals surface area contributed by atoms with Crippen LogP contribution in [0.15, 0.2) is 0 Å². The third-order valence-electron chi connectivity index (χ3n) is 3.54. The summed E-state index contributed by atoms with van der Waals surface area (Å²) in [6.07, 6.45) is 0.938. The van der Waals surface area contributed by atoms with Crippen LogP contribution in [0, 0.1) is 5.92 Å². The van der Waals surface area contributed by atoms with E-state index in [1.807, 2.05) is 30.5 Å². The molecule has 110 valence electrons. The van der Waals surface area contributed by atoms with Crippen LogP contribution < -0.4 is 5.32 Å². The molecule has 3 unspecified atom stereocenters. The predicted octanol–water partition coefficient (Wildman–Crippen LogP) is 1.89. The molecule has 1 aliphatic rings. The summed E-state index contributed by atoms with van der Waals surface area (Å²) in [5.41, 5.74) is 0. The van der Waals surface area contributed by atoms with Gasteiger partial charge in [0.15, 0.2) is 0 Å². The Morgan fingerprint density at radius 2 is 1.95 bits per heavy atom. The second-order valence-corrected chi connectivity index (χ2v) is 6.89. The Kier molecular flexibility index (Phi) is 6.17. The maximum Gasteiger partial charge on any atom is 0.245 e. The lowest BCUT2D eigenvalue weighted by Crippen LogP contribution is -2.66. The van der Waals surface area contributed by atoms with E-state index in [1.165, 1.54) is 0 Å². The van der Waals surface area contributed by atoms with Crippen molar-refractivity contribution in [1.29, 1.82) is 0 Å². The van der Waals surface area contributed by atoms with Gasteiger partial charge in [-0.2, -0.15) is 11.8 Å². The van der Waals surface area contributed by atoms with Crippen LogP contribution in [0.25, 0.3) is 0 Å². The molecule has 1 N–H and O–H groups in total. The van der Waals surface area contributed by atoms with Crippen molar-refractivity contribution >= 4 is 23.6 Å². The number of nitrogens with zero attached hydrogens (tertiary/aromatic N) is 1. The molecule has 0 aromatic heterocycles. The van der Waals surface area contributed by atoms with Crippen molar-refractivity contribution in [2.75, 3.05) is 11.5 Å². The van der Waals surface area contributed by atoms with E-state index in [9.17, 15) is 9.59 Å². The number of carbonyl (C=O) groups is 2. The average Bonchev–Trinajstić information content (AvgIpc) is 2.32. The van der Waals surface area contributed by atoms with E-state index in [4.69, 9.17) is 0 Å². The molecule has 4 nitrogen and oxygen atoms in total. The summed E-state index contributed by atoms with van der Waals surface area (Å²) >= 11 is 1.87.